The predicted octanol–water partition coefficient (Wildman–Crippen LogP) is 2.82. The van der Waals surface area contributed by atoms with Crippen LogP contribution in [0.4, 0.5) is 0 Å². The largest absolute Gasteiger partial charge is 0.409 e. The molecule has 0 spiro atoms. The van der Waals surface area contributed by atoms with Crippen molar-refractivity contribution in [2.45, 2.75) is 60.3 Å². The Kier molecular flexibility index (Phi) is 5.65. The lowest BCUT2D eigenvalue weighted by atomic mass is 9.77. The molecule has 0 radical (unpaired) electrons. The monoisotopic (exact) mass is 297 g/mol. The number of oxime groups is 1. The van der Waals surface area contributed by atoms with E-state index in [1.54, 1.807) is 6.92 Å². The number of carbonyl (C=O) groups is 1. The Morgan fingerprint density at radius 3 is 2.38 bits per heavy atom. The van der Waals surface area contributed by atoms with Gasteiger partial charge in [-0.25, -0.2) is 0 Å². The lowest BCUT2D eigenvalue weighted by Crippen LogP contribution is -2.49. The Bertz CT molecular complexity index is 401. The fourth-order valence-electron chi connectivity index (χ4n) is 3.07. The quantitative estimate of drug-likeness (QED) is 0.364. The van der Waals surface area contributed by atoms with E-state index in [0.29, 0.717) is 12.3 Å². The molecule has 5 heteroatoms. The molecule has 21 heavy (non-hydrogen) atoms. The summed E-state index contributed by atoms with van der Waals surface area (Å²) < 4.78 is 0. The summed E-state index contributed by atoms with van der Waals surface area (Å²) >= 11 is 0. The van der Waals surface area contributed by atoms with Gasteiger partial charge in [-0.3, -0.25) is 4.79 Å². The van der Waals surface area contributed by atoms with Crippen molar-refractivity contribution in [2.24, 2.45) is 27.6 Å². The number of carbonyl (C=O) groups excluding carboxylic acids is 1. The number of likely N-dealkylation sites (tertiary alicyclic amines) is 1. The molecular weight excluding hydrogens is 266 g/mol. The van der Waals surface area contributed by atoms with Crippen LogP contribution >= 0.6 is 0 Å². The van der Waals surface area contributed by atoms with Crippen LogP contribution in [-0.2, 0) is 4.79 Å². The molecule has 0 saturated carbocycles. The fraction of sp³-hybridized carbons (Fsp3) is 0.875. The van der Waals surface area contributed by atoms with E-state index in [4.69, 9.17) is 10.9 Å². The Balaban J connectivity index is 2.85. The third-order valence-corrected chi connectivity index (χ3v) is 5.09. The summed E-state index contributed by atoms with van der Waals surface area (Å²) in [7, 11) is 0. The van der Waals surface area contributed by atoms with Crippen LogP contribution in [0.15, 0.2) is 5.16 Å². The summed E-state index contributed by atoms with van der Waals surface area (Å²) in [6.07, 6.45) is 3.72. The van der Waals surface area contributed by atoms with Crippen molar-refractivity contribution >= 4 is 11.7 Å². The summed E-state index contributed by atoms with van der Waals surface area (Å²) in [5.74, 6) is 0.619. The highest BCUT2D eigenvalue weighted by Gasteiger charge is 2.40. The first-order chi connectivity index (χ1) is 9.66. The molecule has 1 heterocycles. The first-order valence-electron chi connectivity index (χ1n) is 7.94. The number of nitrogens with zero attached hydrogens (tertiary/aromatic N) is 2. The van der Waals surface area contributed by atoms with E-state index in [1.165, 1.54) is 0 Å². The van der Waals surface area contributed by atoms with Gasteiger partial charge in [0.05, 0.1) is 0 Å². The van der Waals surface area contributed by atoms with E-state index in [9.17, 15) is 4.79 Å². The first-order valence-corrected chi connectivity index (χ1v) is 7.94. The molecule has 1 rings (SSSR count). The SMILES string of the molecule is CCC(C)(C(=O)N1CCCC(C(C)(C)C)CC1)C(N)=NO. The van der Waals surface area contributed by atoms with Gasteiger partial charge in [0.2, 0.25) is 5.91 Å². The van der Waals surface area contributed by atoms with Crippen LogP contribution in [0.5, 0.6) is 0 Å². The minimum Gasteiger partial charge on any atom is -0.409 e. The second-order valence-corrected chi connectivity index (χ2v) is 7.46. The molecule has 0 bridgehead atoms. The van der Waals surface area contributed by atoms with Gasteiger partial charge in [0.25, 0.3) is 0 Å². The zero-order valence-corrected chi connectivity index (χ0v) is 14.1. The second kappa shape index (κ2) is 6.67. The van der Waals surface area contributed by atoms with E-state index >= 15 is 0 Å². The summed E-state index contributed by atoms with van der Waals surface area (Å²) in [5.41, 5.74) is 5.13. The molecule has 1 fully saturated rings. The van der Waals surface area contributed by atoms with Crippen molar-refractivity contribution in [1.29, 1.82) is 0 Å². The van der Waals surface area contributed by atoms with E-state index in [1.807, 2.05) is 11.8 Å². The molecule has 1 aliphatic rings. The molecule has 1 aliphatic heterocycles. The molecular formula is C16H31N3O2. The molecule has 1 saturated heterocycles. The molecule has 0 aliphatic carbocycles. The third kappa shape index (κ3) is 3.89. The van der Waals surface area contributed by atoms with Crippen LogP contribution < -0.4 is 5.73 Å². The summed E-state index contributed by atoms with van der Waals surface area (Å²) in [5, 5.41) is 12.0. The normalized spacial score (nSPS) is 24.3. The Morgan fingerprint density at radius 1 is 1.29 bits per heavy atom. The van der Waals surface area contributed by atoms with Gasteiger partial charge in [0.1, 0.15) is 5.41 Å². The summed E-state index contributed by atoms with van der Waals surface area (Å²) in [6.45, 7) is 12.0. The Labute approximate surface area is 128 Å². The van der Waals surface area contributed by atoms with Crippen LogP contribution in [-0.4, -0.2) is 34.9 Å². The van der Waals surface area contributed by atoms with Crippen molar-refractivity contribution in [3.05, 3.63) is 0 Å². The summed E-state index contributed by atoms with van der Waals surface area (Å²) in [6, 6.07) is 0. The van der Waals surface area contributed by atoms with Crippen LogP contribution in [0.3, 0.4) is 0 Å². The van der Waals surface area contributed by atoms with E-state index in [0.717, 1.165) is 32.4 Å². The third-order valence-electron chi connectivity index (χ3n) is 5.09. The molecule has 5 nitrogen and oxygen atoms in total. The molecule has 2 unspecified atom stereocenters. The first kappa shape index (κ1) is 17.8. The molecule has 0 aromatic rings. The van der Waals surface area contributed by atoms with Crippen molar-refractivity contribution < 1.29 is 10.0 Å². The lowest BCUT2D eigenvalue weighted by Gasteiger charge is -2.33. The van der Waals surface area contributed by atoms with Gasteiger partial charge in [-0.2, -0.15) is 0 Å². The van der Waals surface area contributed by atoms with Crippen molar-refractivity contribution in [2.75, 3.05) is 13.1 Å². The van der Waals surface area contributed by atoms with Gasteiger partial charge in [-0.05, 0) is 43.9 Å². The molecule has 2 atom stereocenters. The maximum atomic E-state index is 12.8. The van der Waals surface area contributed by atoms with Crippen LogP contribution in [0.2, 0.25) is 0 Å². The number of nitrogens with two attached hydrogens (primary N) is 1. The maximum Gasteiger partial charge on any atom is 0.236 e. The van der Waals surface area contributed by atoms with Gasteiger partial charge < -0.3 is 15.8 Å². The van der Waals surface area contributed by atoms with Gasteiger partial charge in [0, 0.05) is 13.1 Å². The molecule has 0 aromatic carbocycles. The Hall–Kier alpha value is -1.26. The topological polar surface area (TPSA) is 78.9 Å². The van der Waals surface area contributed by atoms with Crippen molar-refractivity contribution in [3.63, 3.8) is 0 Å². The molecule has 122 valence electrons. The number of amidine groups is 1. The van der Waals surface area contributed by atoms with Gasteiger partial charge in [-0.15, -0.1) is 0 Å². The predicted molar refractivity (Wildman–Crippen MR) is 85.2 cm³/mol. The minimum atomic E-state index is -0.906. The van der Waals surface area contributed by atoms with E-state index in [-0.39, 0.29) is 17.2 Å². The van der Waals surface area contributed by atoms with Gasteiger partial charge >= 0.3 is 0 Å². The average molecular weight is 297 g/mol. The number of amides is 1. The second-order valence-electron chi connectivity index (χ2n) is 7.46. The smallest absolute Gasteiger partial charge is 0.236 e. The number of rotatable bonds is 3. The zero-order valence-electron chi connectivity index (χ0n) is 14.1. The molecule has 3 N–H and O–H groups in total. The van der Waals surface area contributed by atoms with Crippen LogP contribution in [0, 0.1) is 16.7 Å². The highest BCUT2D eigenvalue weighted by atomic mass is 16.4. The zero-order chi connectivity index (χ0) is 16.3. The van der Waals surface area contributed by atoms with Gasteiger partial charge in [-0.1, -0.05) is 32.9 Å². The molecule has 0 aromatic heterocycles. The maximum absolute atomic E-state index is 12.8. The van der Waals surface area contributed by atoms with Crippen LogP contribution in [0.25, 0.3) is 0 Å². The minimum absolute atomic E-state index is 0.00613. The Morgan fingerprint density at radius 2 is 1.90 bits per heavy atom. The van der Waals surface area contributed by atoms with Crippen molar-refractivity contribution in [3.8, 4) is 0 Å². The van der Waals surface area contributed by atoms with Crippen LogP contribution in [0.1, 0.15) is 60.3 Å². The summed E-state index contributed by atoms with van der Waals surface area (Å²) in [4.78, 5) is 14.7. The van der Waals surface area contributed by atoms with E-state index < -0.39 is 5.41 Å². The lowest BCUT2D eigenvalue weighted by molar-refractivity contribution is -0.138. The highest BCUT2D eigenvalue weighted by Crippen LogP contribution is 2.35. The fourth-order valence-corrected chi connectivity index (χ4v) is 3.07. The highest BCUT2D eigenvalue weighted by molar-refractivity contribution is 6.06. The standard InChI is InChI=1S/C16H31N3O2/c1-6-16(5,13(17)18-21)14(20)19-10-7-8-12(9-11-19)15(2,3)4/h12,21H,6-11H2,1-5H3,(H2,17,18). The van der Waals surface area contributed by atoms with Gasteiger partial charge in [0.15, 0.2) is 5.84 Å². The average Bonchev–Trinajstić information content (AvgIpc) is 2.70. The van der Waals surface area contributed by atoms with E-state index in [2.05, 4.69) is 25.9 Å². The number of hydrogen-bond acceptors (Lipinski definition) is 3. The number of hydrogen-bond donors (Lipinski definition) is 2. The molecule has 1 amide bonds. The van der Waals surface area contributed by atoms with Crippen molar-refractivity contribution in [1.82, 2.24) is 4.90 Å².